The molecular formula is C11H15N3OS. The molecule has 0 heterocycles. The summed E-state index contributed by atoms with van der Waals surface area (Å²) in [6.07, 6.45) is 1.49. The topological polar surface area (TPSA) is 71.0 Å². The van der Waals surface area contributed by atoms with Crippen LogP contribution in [-0.2, 0) is 0 Å². The summed E-state index contributed by atoms with van der Waals surface area (Å²) < 4.78 is 0. The van der Waals surface area contributed by atoms with Crippen LogP contribution in [0, 0.1) is 6.92 Å². The normalized spacial score (nSPS) is 12.2. The molecule has 0 aliphatic rings. The molecule has 0 unspecified atom stereocenters. The van der Waals surface area contributed by atoms with Crippen molar-refractivity contribution in [1.29, 1.82) is 0 Å². The lowest BCUT2D eigenvalue weighted by molar-refractivity contribution is 0.474. The van der Waals surface area contributed by atoms with E-state index in [-0.39, 0.29) is 5.75 Å². The molecular weight excluding hydrogens is 222 g/mol. The summed E-state index contributed by atoms with van der Waals surface area (Å²) in [5, 5.41) is 17.6. The van der Waals surface area contributed by atoms with Gasteiger partial charge in [-0.1, -0.05) is 30.3 Å². The molecule has 1 aromatic rings. The Morgan fingerprint density at radius 1 is 1.56 bits per heavy atom. The van der Waals surface area contributed by atoms with Crippen molar-refractivity contribution < 1.29 is 5.11 Å². The number of thioether (sulfide) groups is 1. The zero-order chi connectivity index (χ0) is 12.0. The van der Waals surface area contributed by atoms with E-state index in [4.69, 9.17) is 5.73 Å². The molecule has 5 heteroatoms. The summed E-state index contributed by atoms with van der Waals surface area (Å²) >= 11 is 1.43. The summed E-state index contributed by atoms with van der Waals surface area (Å²) in [5.41, 5.74) is 7.24. The van der Waals surface area contributed by atoms with Gasteiger partial charge in [0, 0.05) is 5.56 Å². The zero-order valence-electron chi connectivity index (χ0n) is 9.34. The predicted molar refractivity (Wildman–Crippen MR) is 70.2 cm³/mol. The van der Waals surface area contributed by atoms with Gasteiger partial charge in [-0.3, -0.25) is 0 Å². The van der Waals surface area contributed by atoms with Gasteiger partial charge in [0.05, 0.1) is 6.21 Å². The van der Waals surface area contributed by atoms with E-state index in [0.717, 1.165) is 11.3 Å². The van der Waals surface area contributed by atoms with Gasteiger partial charge in [0.25, 0.3) is 0 Å². The van der Waals surface area contributed by atoms with Crippen molar-refractivity contribution in [2.24, 2.45) is 15.9 Å². The highest BCUT2D eigenvalue weighted by Gasteiger charge is 1.97. The van der Waals surface area contributed by atoms with Gasteiger partial charge in [0.15, 0.2) is 5.17 Å². The number of phenolic OH excluding ortho intramolecular Hbond substituents is 1. The maximum atomic E-state index is 9.53. The van der Waals surface area contributed by atoms with Crippen LogP contribution in [-0.4, -0.2) is 22.2 Å². The van der Waals surface area contributed by atoms with E-state index >= 15 is 0 Å². The minimum absolute atomic E-state index is 0.186. The van der Waals surface area contributed by atoms with Crippen LogP contribution in [0.5, 0.6) is 5.75 Å². The third-order valence-corrected chi connectivity index (χ3v) is 2.49. The monoisotopic (exact) mass is 237 g/mol. The number of hydrogen-bond acceptors (Lipinski definition) is 4. The molecule has 0 saturated carbocycles. The largest absolute Gasteiger partial charge is 0.507 e. The van der Waals surface area contributed by atoms with E-state index in [9.17, 15) is 5.11 Å². The van der Waals surface area contributed by atoms with Crippen LogP contribution in [0.2, 0.25) is 0 Å². The Labute approximate surface area is 99.3 Å². The molecule has 1 rings (SSSR count). The molecule has 0 amide bonds. The number of aromatic hydroxyl groups is 1. The van der Waals surface area contributed by atoms with Gasteiger partial charge in [0.2, 0.25) is 0 Å². The summed E-state index contributed by atoms with van der Waals surface area (Å²) in [7, 11) is 0. The van der Waals surface area contributed by atoms with Crippen LogP contribution in [0.25, 0.3) is 0 Å². The lowest BCUT2D eigenvalue weighted by Crippen LogP contribution is -2.05. The molecule has 16 heavy (non-hydrogen) atoms. The van der Waals surface area contributed by atoms with Crippen molar-refractivity contribution in [3.05, 3.63) is 29.3 Å². The summed E-state index contributed by atoms with van der Waals surface area (Å²) in [6, 6.07) is 5.29. The second kappa shape index (κ2) is 6.17. The van der Waals surface area contributed by atoms with Gasteiger partial charge in [-0.05, 0) is 24.8 Å². The molecule has 0 bridgehead atoms. The van der Waals surface area contributed by atoms with Crippen LogP contribution in [0.3, 0.4) is 0 Å². The third-order valence-electron chi connectivity index (χ3n) is 1.83. The van der Waals surface area contributed by atoms with E-state index in [0.29, 0.717) is 10.7 Å². The molecule has 0 fully saturated rings. The number of aryl methyl sites for hydroxylation is 1. The second-order valence-electron chi connectivity index (χ2n) is 3.18. The van der Waals surface area contributed by atoms with Crippen molar-refractivity contribution in [1.82, 2.24) is 0 Å². The summed E-state index contributed by atoms with van der Waals surface area (Å²) in [5.74, 6) is 1.05. The Morgan fingerprint density at radius 2 is 2.31 bits per heavy atom. The molecule has 4 nitrogen and oxygen atoms in total. The number of hydrogen-bond donors (Lipinski definition) is 2. The van der Waals surface area contributed by atoms with Gasteiger partial charge in [-0.2, -0.15) is 5.10 Å². The van der Waals surface area contributed by atoms with Crippen LogP contribution >= 0.6 is 11.8 Å². The number of nitrogens with two attached hydrogens (primary N) is 1. The molecule has 0 atom stereocenters. The van der Waals surface area contributed by atoms with Gasteiger partial charge in [-0.25, -0.2) is 0 Å². The predicted octanol–water partition coefficient (Wildman–Crippen LogP) is 2.10. The molecule has 0 spiro atoms. The van der Waals surface area contributed by atoms with Crippen LogP contribution in [0.4, 0.5) is 0 Å². The SMILES string of the molecule is CCSC(N)=N/N=C/c1cc(C)ccc1O. The smallest absolute Gasteiger partial charge is 0.180 e. The van der Waals surface area contributed by atoms with Crippen molar-refractivity contribution in [3.63, 3.8) is 0 Å². The maximum Gasteiger partial charge on any atom is 0.180 e. The lowest BCUT2D eigenvalue weighted by Gasteiger charge is -1.98. The average Bonchev–Trinajstić information content (AvgIpc) is 2.23. The lowest BCUT2D eigenvalue weighted by atomic mass is 10.1. The standard InChI is InChI=1S/C11H15N3OS/c1-3-16-11(12)14-13-7-9-6-8(2)4-5-10(9)15/h4-7,15H,3H2,1-2H3,(H2,12,14)/b13-7+. The fraction of sp³-hybridized carbons (Fsp3) is 0.273. The Hall–Kier alpha value is -1.49. The van der Waals surface area contributed by atoms with Crippen LogP contribution in [0.15, 0.2) is 28.4 Å². The first-order chi connectivity index (χ1) is 7.63. The van der Waals surface area contributed by atoms with Crippen molar-refractivity contribution >= 4 is 23.1 Å². The third kappa shape index (κ3) is 3.94. The Morgan fingerprint density at radius 3 is 3.00 bits per heavy atom. The Bertz CT molecular complexity index is 416. The number of nitrogens with zero attached hydrogens (tertiary/aromatic N) is 2. The molecule has 0 saturated heterocycles. The summed E-state index contributed by atoms with van der Waals surface area (Å²) in [6.45, 7) is 3.94. The van der Waals surface area contributed by atoms with E-state index in [1.807, 2.05) is 26.0 Å². The van der Waals surface area contributed by atoms with Crippen LogP contribution in [0.1, 0.15) is 18.1 Å². The molecule has 0 radical (unpaired) electrons. The molecule has 0 aliphatic heterocycles. The quantitative estimate of drug-likeness (QED) is 0.480. The first-order valence-electron chi connectivity index (χ1n) is 4.92. The van der Waals surface area contributed by atoms with Gasteiger partial charge >= 0.3 is 0 Å². The minimum Gasteiger partial charge on any atom is -0.507 e. The van der Waals surface area contributed by atoms with Gasteiger partial charge in [0.1, 0.15) is 5.75 Å². The average molecular weight is 237 g/mol. The van der Waals surface area contributed by atoms with E-state index < -0.39 is 0 Å². The van der Waals surface area contributed by atoms with Crippen molar-refractivity contribution in [2.75, 3.05) is 5.75 Å². The van der Waals surface area contributed by atoms with Crippen molar-refractivity contribution in [3.8, 4) is 5.75 Å². The molecule has 1 aromatic carbocycles. The molecule has 86 valence electrons. The number of phenols is 1. The molecule has 3 N–H and O–H groups in total. The number of benzene rings is 1. The van der Waals surface area contributed by atoms with E-state index in [1.165, 1.54) is 18.0 Å². The Balaban J connectivity index is 2.76. The Kier molecular flexibility index (Phi) is 4.85. The highest BCUT2D eigenvalue weighted by Crippen LogP contribution is 2.15. The molecule has 0 aliphatic carbocycles. The molecule has 0 aromatic heterocycles. The van der Waals surface area contributed by atoms with Gasteiger partial charge in [-0.15, -0.1) is 5.10 Å². The highest BCUT2D eigenvalue weighted by atomic mass is 32.2. The second-order valence-corrected chi connectivity index (χ2v) is 4.46. The fourth-order valence-corrected chi connectivity index (χ4v) is 1.50. The van der Waals surface area contributed by atoms with E-state index in [2.05, 4.69) is 10.2 Å². The summed E-state index contributed by atoms with van der Waals surface area (Å²) in [4.78, 5) is 0. The van der Waals surface area contributed by atoms with E-state index in [1.54, 1.807) is 6.07 Å². The number of amidine groups is 1. The highest BCUT2D eigenvalue weighted by molar-refractivity contribution is 8.13. The zero-order valence-corrected chi connectivity index (χ0v) is 10.2. The number of rotatable bonds is 3. The fourth-order valence-electron chi connectivity index (χ4n) is 1.10. The first kappa shape index (κ1) is 12.6. The minimum atomic E-state index is 0.186. The first-order valence-corrected chi connectivity index (χ1v) is 5.91. The maximum absolute atomic E-state index is 9.53. The van der Waals surface area contributed by atoms with Crippen LogP contribution < -0.4 is 5.73 Å². The van der Waals surface area contributed by atoms with Gasteiger partial charge < -0.3 is 10.8 Å². The van der Waals surface area contributed by atoms with Crippen molar-refractivity contribution in [2.45, 2.75) is 13.8 Å².